The monoisotopic (exact) mass is 404 g/mol. The quantitative estimate of drug-likeness (QED) is 0.527. The molecule has 30 heavy (non-hydrogen) atoms. The van der Waals surface area contributed by atoms with Crippen molar-refractivity contribution in [2.75, 3.05) is 27.4 Å². The second-order valence-corrected chi connectivity index (χ2v) is 7.49. The van der Waals surface area contributed by atoms with E-state index in [0.717, 1.165) is 48.7 Å². The van der Waals surface area contributed by atoms with Crippen LogP contribution in [0.3, 0.4) is 0 Å². The maximum Gasteiger partial charge on any atom is 0.161 e. The van der Waals surface area contributed by atoms with Gasteiger partial charge in [-0.05, 0) is 72.2 Å². The average molecular weight is 405 g/mol. The molecule has 1 aliphatic heterocycles. The van der Waals surface area contributed by atoms with Gasteiger partial charge in [-0.15, -0.1) is 0 Å². The van der Waals surface area contributed by atoms with Crippen molar-refractivity contribution >= 4 is 0 Å². The summed E-state index contributed by atoms with van der Waals surface area (Å²) in [6.45, 7) is 1.25. The molecule has 156 valence electrons. The SMILES string of the molecule is COc1ccc(CCc2cccc(CCc3ccc4c(c3)OCCO4)c2)cc1OC. The molecule has 0 aliphatic carbocycles. The van der Waals surface area contributed by atoms with Gasteiger partial charge >= 0.3 is 0 Å². The molecule has 0 N–H and O–H groups in total. The minimum Gasteiger partial charge on any atom is -0.493 e. The van der Waals surface area contributed by atoms with Crippen LogP contribution in [0.1, 0.15) is 22.3 Å². The Morgan fingerprint density at radius 2 is 1.17 bits per heavy atom. The van der Waals surface area contributed by atoms with E-state index < -0.39 is 0 Å². The molecule has 0 bridgehead atoms. The van der Waals surface area contributed by atoms with Crippen molar-refractivity contribution in [1.29, 1.82) is 0 Å². The molecule has 3 aromatic rings. The molecule has 4 nitrogen and oxygen atoms in total. The molecule has 3 aromatic carbocycles. The van der Waals surface area contributed by atoms with Crippen LogP contribution in [0.25, 0.3) is 0 Å². The fraction of sp³-hybridized carbons (Fsp3) is 0.308. The van der Waals surface area contributed by atoms with Crippen LogP contribution in [0.5, 0.6) is 23.0 Å². The van der Waals surface area contributed by atoms with Gasteiger partial charge in [-0.1, -0.05) is 36.4 Å². The molecule has 0 fully saturated rings. The number of hydrogen-bond acceptors (Lipinski definition) is 4. The highest BCUT2D eigenvalue weighted by Crippen LogP contribution is 2.31. The van der Waals surface area contributed by atoms with Crippen molar-refractivity contribution in [3.8, 4) is 23.0 Å². The van der Waals surface area contributed by atoms with Gasteiger partial charge in [-0.25, -0.2) is 0 Å². The van der Waals surface area contributed by atoms with Crippen LogP contribution in [0, 0.1) is 0 Å². The van der Waals surface area contributed by atoms with Crippen LogP contribution in [0.4, 0.5) is 0 Å². The van der Waals surface area contributed by atoms with E-state index in [9.17, 15) is 0 Å². The Labute approximate surface area is 178 Å². The Morgan fingerprint density at radius 3 is 1.83 bits per heavy atom. The number of hydrogen-bond donors (Lipinski definition) is 0. The predicted octanol–water partition coefficient (Wildman–Crippen LogP) is 5.05. The summed E-state index contributed by atoms with van der Waals surface area (Å²) in [6, 6.07) is 21.3. The van der Waals surface area contributed by atoms with Crippen LogP contribution < -0.4 is 18.9 Å². The molecule has 0 amide bonds. The first kappa shape index (κ1) is 20.1. The molecule has 0 aromatic heterocycles. The fourth-order valence-corrected chi connectivity index (χ4v) is 3.80. The standard InChI is InChI=1S/C26H28O4/c1-27-23-12-10-21(17-25(23)28-2)8-6-19-4-3-5-20(16-19)7-9-22-11-13-24-26(18-22)30-15-14-29-24/h3-5,10-13,16-18H,6-9,14-15H2,1-2H3. The molecule has 1 heterocycles. The Hall–Kier alpha value is -3.14. The molecular formula is C26H28O4. The van der Waals surface area contributed by atoms with E-state index in [1.54, 1.807) is 14.2 Å². The second-order valence-electron chi connectivity index (χ2n) is 7.49. The van der Waals surface area contributed by atoms with Gasteiger partial charge in [0.1, 0.15) is 13.2 Å². The van der Waals surface area contributed by atoms with Gasteiger partial charge in [-0.3, -0.25) is 0 Å². The molecule has 0 saturated heterocycles. The number of methoxy groups -OCH3 is 2. The number of rotatable bonds is 8. The lowest BCUT2D eigenvalue weighted by Crippen LogP contribution is -2.15. The lowest BCUT2D eigenvalue weighted by atomic mass is 9.99. The summed E-state index contributed by atoms with van der Waals surface area (Å²) in [5.41, 5.74) is 5.23. The Kier molecular flexibility index (Phi) is 6.43. The van der Waals surface area contributed by atoms with Crippen LogP contribution >= 0.6 is 0 Å². The highest BCUT2D eigenvalue weighted by atomic mass is 16.6. The van der Waals surface area contributed by atoms with Crippen molar-refractivity contribution < 1.29 is 18.9 Å². The Bertz CT molecular complexity index is 937. The van der Waals surface area contributed by atoms with Crippen LogP contribution in [-0.2, 0) is 25.7 Å². The van der Waals surface area contributed by atoms with E-state index in [2.05, 4.69) is 48.5 Å². The summed E-state index contributed by atoms with van der Waals surface area (Å²) < 4.78 is 22.0. The molecular weight excluding hydrogens is 376 g/mol. The van der Waals surface area contributed by atoms with E-state index >= 15 is 0 Å². The maximum absolute atomic E-state index is 5.70. The largest absolute Gasteiger partial charge is 0.493 e. The summed E-state index contributed by atoms with van der Waals surface area (Å²) >= 11 is 0. The normalized spacial score (nSPS) is 12.5. The Balaban J connectivity index is 1.36. The smallest absolute Gasteiger partial charge is 0.161 e. The van der Waals surface area contributed by atoms with Gasteiger partial charge < -0.3 is 18.9 Å². The molecule has 0 saturated carbocycles. The summed E-state index contributed by atoms with van der Waals surface area (Å²) in [5.74, 6) is 3.26. The highest BCUT2D eigenvalue weighted by Gasteiger charge is 2.11. The summed E-state index contributed by atoms with van der Waals surface area (Å²) in [6.07, 6.45) is 3.94. The highest BCUT2D eigenvalue weighted by molar-refractivity contribution is 5.44. The topological polar surface area (TPSA) is 36.9 Å². The first-order valence-electron chi connectivity index (χ1n) is 10.4. The van der Waals surface area contributed by atoms with Crippen LogP contribution in [-0.4, -0.2) is 27.4 Å². The molecule has 0 radical (unpaired) electrons. The lowest BCUT2D eigenvalue weighted by molar-refractivity contribution is 0.171. The van der Waals surface area contributed by atoms with Gasteiger partial charge in [0, 0.05) is 0 Å². The molecule has 0 spiro atoms. The zero-order chi connectivity index (χ0) is 20.8. The summed E-state index contributed by atoms with van der Waals surface area (Å²) in [7, 11) is 3.33. The lowest BCUT2D eigenvalue weighted by Gasteiger charge is -2.18. The molecule has 1 aliphatic rings. The van der Waals surface area contributed by atoms with E-state index in [1.165, 1.54) is 22.3 Å². The van der Waals surface area contributed by atoms with Gasteiger partial charge in [0.25, 0.3) is 0 Å². The number of benzene rings is 3. The average Bonchev–Trinajstić information content (AvgIpc) is 2.81. The van der Waals surface area contributed by atoms with Crippen molar-refractivity contribution in [1.82, 2.24) is 0 Å². The molecule has 0 unspecified atom stereocenters. The third-order valence-corrected chi connectivity index (χ3v) is 5.45. The van der Waals surface area contributed by atoms with E-state index in [-0.39, 0.29) is 0 Å². The minimum absolute atomic E-state index is 0.624. The first-order valence-corrected chi connectivity index (χ1v) is 10.4. The van der Waals surface area contributed by atoms with Gasteiger partial charge in [0.15, 0.2) is 23.0 Å². The summed E-state index contributed by atoms with van der Waals surface area (Å²) in [4.78, 5) is 0. The van der Waals surface area contributed by atoms with Gasteiger partial charge in [-0.2, -0.15) is 0 Å². The van der Waals surface area contributed by atoms with Gasteiger partial charge in [0.2, 0.25) is 0 Å². The fourth-order valence-electron chi connectivity index (χ4n) is 3.80. The van der Waals surface area contributed by atoms with Crippen LogP contribution in [0.2, 0.25) is 0 Å². The zero-order valence-corrected chi connectivity index (χ0v) is 17.6. The zero-order valence-electron chi connectivity index (χ0n) is 17.6. The molecule has 4 heteroatoms. The maximum atomic E-state index is 5.70. The third kappa shape index (κ3) is 4.88. The number of ether oxygens (including phenoxy) is 4. The van der Waals surface area contributed by atoms with Crippen molar-refractivity contribution in [3.05, 3.63) is 82.9 Å². The first-order chi connectivity index (χ1) is 14.7. The molecule has 0 atom stereocenters. The van der Waals surface area contributed by atoms with Crippen molar-refractivity contribution in [2.45, 2.75) is 25.7 Å². The Morgan fingerprint density at radius 1 is 0.600 bits per heavy atom. The van der Waals surface area contributed by atoms with Crippen molar-refractivity contribution in [2.24, 2.45) is 0 Å². The number of aryl methyl sites for hydroxylation is 4. The third-order valence-electron chi connectivity index (χ3n) is 5.45. The van der Waals surface area contributed by atoms with E-state index in [1.807, 2.05) is 12.1 Å². The number of fused-ring (bicyclic) bond motifs is 1. The second kappa shape index (κ2) is 9.57. The predicted molar refractivity (Wildman–Crippen MR) is 118 cm³/mol. The van der Waals surface area contributed by atoms with Gasteiger partial charge in [0.05, 0.1) is 14.2 Å². The van der Waals surface area contributed by atoms with Crippen molar-refractivity contribution in [3.63, 3.8) is 0 Å². The summed E-state index contributed by atoms with van der Waals surface area (Å²) in [5, 5.41) is 0. The van der Waals surface area contributed by atoms with Crippen LogP contribution in [0.15, 0.2) is 60.7 Å². The molecule has 4 rings (SSSR count). The minimum atomic E-state index is 0.624. The van der Waals surface area contributed by atoms with E-state index in [0.29, 0.717) is 13.2 Å². The van der Waals surface area contributed by atoms with E-state index in [4.69, 9.17) is 18.9 Å².